The summed E-state index contributed by atoms with van der Waals surface area (Å²) in [6.07, 6.45) is 0.966. The Morgan fingerprint density at radius 2 is 2.10 bits per heavy atom. The number of H-pyrrole nitrogens is 1. The zero-order valence-corrected chi connectivity index (χ0v) is 12.1. The molecular weight excluding hydrogens is 266 g/mol. The zero-order valence-electron chi connectivity index (χ0n) is 12.1. The predicted octanol–water partition coefficient (Wildman–Crippen LogP) is 0.588. The normalized spacial score (nSPS) is 16.2. The third kappa shape index (κ3) is 3.40. The van der Waals surface area contributed by atoms with E-state index in [2.05, 4.69) is 25.7 Å². The van der Waals surface area contributed by atoms with Crippen molar-refractivity contribution in [2.45, 2.75) is 6.42 Å². The average molecular weight is 287 g/mol. The Balaban J connectivity index is 1.48. The van der Waals surface area contributed by atoms with Crippen LogP contribution in [0, 0.1) is 0 Å². The van der Waals surface area contributed by atoms with Gasteiger partial charge in [-0.1, -0.05) is 18.2 Å². The van der Waals surface area contributed by atoms with Crippen molar-refractivity contribution in [3.63, 3.8) is 0 Å². The molecule has 2 heterocycles. The molecule has 1 aromatic carbocycles. The van der Waals surface area contributed by atoms with Gasteiger partial charge in [-0.25, -0.2) is 0 Å². The fourth-order valence-corrected chi connectivity index (χ4v) is 2.66. The van der Waals surface area contributed by atoms with Gasteiger partial charge in [0.25, 0.3) is 5.91 Å². The Morgan fingerprint density at radius 1 is 1.29 bits per heavy atom. The number of hydrogen-bond acceptors (Lipinski definition) is 4. The Kier molecular flexibility index (Phi) is 4.47. The van der Waals surface area contributed by atoms with E-state index in [4.69, 9.17) is 0 Å². The Hall–Kier alpha value is -1.92. The number of hydrogen-bond donors (Lipinski definition) is 3. The largest absolute Gasteiger partial charge is 0.351 e. The van der Waals surface area contributed by atoms with Crippen molar-refractivity contribution in [1.29, 1.82) is 0 Å². The maximum Gasteiger partial charge on any atom is 0.272 e. The number of fused-ring (bicyclic) bond motifs is 1. The Bertz CT molecular complexity index is 603. The summed E-state index contributed by atoms with van der Waals surface area (Å²) in [5.41, 5.74) is 1.37. The van der Waals surface area contributed by atoms with Gasteiger partial charge in [-0.15, -0.1) is 0 Å². The molecule has 0 bridgehead atoms. The molecule has 1 fully saturated rings. The van der Waals surface area contributed by atoms with Crippen molar-refractivity contribution in [3.05, 3.63) is 30.0 Å². The number of carbonyl (C=O) groups is 1. The minimum atomic E-state index is -0.104. The molecule has 1 saturated heterocycles. The molecule has 0 radical (unpaired) electrons. The van der Waals surface area contributed by atoms with Gasteiger partial charge < -0.3 is 15.5 Å². The monoisotopic (exact) mass is 287 g/mol. The van der Waals surface area contributed by atoms with E-state index in [1.54, 1.807) is 0 Å². The van der Waals surface area contributed by atoms with Crippen LogP contribution in [0.2, 0.25) is 0 Å². The lowest BCUT2D eigenvalue weighted by Gasteiger charge is -2.26. The van der Waals surface area contributed by atoms with Crippen molar-refractivity contribution >= 4 is 16.8 Å². The lowest BCUT2D eigenvalue weighted by Crippen LogP contribution is -2.44. The molecule has 0 unspecified atom stereocenters. The summed E-state index contributed by atoms with van der Waals surface area (Å²) in [7, 11) is 0. The van der Waals surface area contributed by atoms with E-state index in [1.165, 1.54) is 0 Å². The molecule has 1 amide bonds. The van der Waals surface area contributed by atoms with Gasteiger partial charge in [-0.05, 0) is 19.0 Å². The van der Waals surface area contributed by atoms with Gasteiger partial charge >= 0.3 is 0 Å². The summed E-state index contributed by atoms with van der Waals surface area (Å²) in [6, 6.07) is 7.67. The van der Waals surface area contributed by atoms with Gasteiger partial charge in [0.2, 0.25) is 0 Å². The Morgan fingerprint density at radius 3 is 2.95 bits per heavy atom. The summed E-state index contributed by atoms with van der Waals surface area (Å²) in [4.78, 5) is 14.6. The second kappa shape index (κ2) is 6.69. The molecule has 1 aliphatic rings. The molecule has 0 aliphatic carbocycles. The van der Waals surface area contributed by atoms with Crippen LogP contribution in [-0.2, 0) is 0 Å². The van der Waals surface area contributed by atoms with Gasteiger partial charge in [0.1, 0.15) is 0 Å². The summed E-state index contributed by atoms with van der Waals surface area (Å²) in [6.45, 7) is 6.03. The highest BCUT2D eigenvalue weighted by Crippen LogP contribution is 2.14. The Labute approximate surface area is 123 Å². The van der Waals surface area contributed by atoms with Crippen LogP contribution in [-0.4, -0.2) is 60.3 Å². The van der Waals surface area contributed by atoms with Crippen LogP contribution >= 0.6 is 0 Å². The number of nitrogens with one attached hydrogen (secondary N) is 3. The second-order valence-electron chi connectivity index (χ2n) is 5.32. The van der Waals surface area contributed by atoms with E-state index in [-0.39, 0.29) is 5.91 Å². The molecular formula is C15H21N5O. The summed E-state index contributed by atoms with van der Waals surface area (Å²) in [5.74, 6) is -0.104. The predicted molar refractivity (Wildman–Crippen MR) is 82.4 cm³/mol. The van der Waals surface area contributed by atoms with Crippen LogP contribution in [0.5, 0.6) is 0 Å². The van der Waals surface area contributed by atoms with E-state index >= 15 is 0 Å². The molecule has 2 aromatic rings. The summed E-state index contributed by atoms with van der Waals surface area (Å²) >= 11 is 0. The van der Waals surface area contributed by atoms with E-state index in [0.29, 0.717) is 12.2 Å². The average Bonchev–Trinajstić information content (AvgIpc) is 2.96. The number of para-hydroxylation sites is 1. The quantitative estimate of drug-likeness (QED) is 0.704. The molecule has 0 spiro atoms. The molecule has 6 nitrogen and oxygen atoms in total. The number of nitrogens with zero attached hydrogens (tertiary/aromatic N) is 2. The number of aromatic nitrogens is 2. The molecule has 0 atom stereocenters. The van der Waals surface area contributed by atoms with Crippen LogP contribution in [0.4, 0.5) is 0 Å². The van der Waals surface area contributed by atoms with Crippen molar-refractivity contribution in [2.24, 2.45) is 0 Å². The van der Waals surface area contributed by atoms with E-state index in [0.717, 1.165) is 50.0 Å². The first kappa shape index (κ1) is 14.0. The van der Waals surface area contributed by atoms with Gasteiger partial charge in [-0.3, -0.25) is 9.89 Å². The molecule has 3 rings (SSSR count). The van der Waals surface area contributed by atoms with Gasteiger partial charge in [-0.2, -0.15) is 5.10 Å². The first-order chi connectivity index (χ1) is 10.3. The number of rotatable bonds is 5. The first-order valence-corrected chi connectivity index (χ1v) is 7.49. The van der Waals surface area contributed by atoms with E-state index in [9.17, 15) is 4.79 Å². The van der Waals surface area contributed by atoms with Crippen LogP contribution in [0.3, 0.4) is 0 Å². The number of amides is 1. The molecule has 21 heavy (non-hydrogen) atoms. The molecule has 1 aliphatic heterocycles. The lowest BCUT2D eigenvalue weighted by atomic mass is 10.2. The second-order valence-corrected chi connectivity index (χ2v) is 5.32. The number of aromatic amines is 1. The van der Waals surface area contributed by atoms with Crippen molar-refractivity contribution < 1.29 is 4.79 Å². The minimum absolute atomic E-state index is 0.104. The summed E-state index contributed by atoms with van der Waals surface area (Å²) < 4.78 is 0. The van der Waals surface area contributed by atoms with Crippen LogP contribution in [0.25, 0.3) is 10.9 Å². The molecule has 3 N–H and O–H groups in total. The van der Waals surface area contributed by atoms with Crippen LogP contribution < -0.4 is 10.6 Å². The van der Waals surface area contributed by atoms with Crippen molar-refractivity contribution in [1.82, 2.24) is 25.7 Å². The first-order valence-electron chi connectivity index (χ1n) is 7.49. The number of benzene rings is 1. The third-order valence-electron chi connectivity index (χ3n) is 3.83. The third-order valence-corrected chi connectivity index (χ3v) is 3.83. The minimum Gasteiger partial charge on any atom is -0.351 e. The smallest absolute Gasteiger partial charge is 0.272 e. The maximum atomic E-state index is 12.2. The topological polar surface area (TPSA) is 73.1 Å². The molecule has 0 saturated carbocycles. The van der Waals surface area contributed by atoms with Crippen molar-refractivity contribution in [3.8, 4) is 0 Å². The van der Waals surface area contributed by atoms with Gasteiger partial charge in [0.05, 0.1) is 5.52 Å². The highest BCUT2D eigenvalue weighted by atomic mass is 16.1. The van der Waals surface area contributed by atoms with E-state index < -0.39 is 0 Å². The lowest BCUT2D eigenvalue weighted by molar-refractivity contribution is 0.0948. The molecule has 112 valence electrons. The fraction of sp³-hybridized carbons (Fsp3) is 0.467. The van der Waals surface area contributed by atoms with Crippen LogP contribution in [0.15, 0.2) is 24.3 Å². The zero-order chi connectivity index (χ0) is 14.5. The maximum absolute atomic E-state index is 12.2. The number of carbonyl (C=O) groups excluding carboxylic acids is 1. The van der Waals surface area contributed by atoms with Gasteiger partial charge in [0, 0.05) is 38.1 Å². The van der Waals surface area contributed by atoms with Crippen LogP contribution in [0.1, 0.15) is 16.9 Å². The standard InChI is InChI=1S/C15H21N5O/c21-15(14-12-4-1-2-5-13(12)18-19-14)17-6-3-9-20-10-7-16-8-11-20/h1-2,4-5,16H,3,6-11H2,(H,17,21)(H,18,19). The van der Waals surface area contributed by atoms with Gasteiger partial charge in [0.15, 0.2) is 5.69 Å². The molecule has 1 aromatic heterocycles. The number of piperazine rings is 1. The highest BCUT2D eigenvalue weighted by molar-refractivity contribution is 6.04. The molecule has 6 heteroatoms. The van der Waals surface area contributed by atoms with Crippen molar-refractivity contribution in [2.75, 3.05) is 39.3 Å². The highest BCUT2D eigenvalue weighted by Gasteiger charge is 2.13. The van der Waals surface area contributed by atoms with E-state index in [1.807, 2.05) is 24.3 Å². The fourth-order valence-electron chi connectivity index (χ4n) is 2.66. The SMILES string of the molecule is O=C(NCCCN1CCNCC1)c1n[nH]c2ccccc12. The summed E-state index contributed by atoms with van der Waals surface area (Å²) in [5, 5.41) is 14.2.